The molecule has 3 amide bonds. The second-order valence-corrected chi connectivity index (χ2v) is 8.23. The number of ether oxygens (including phenoxy) is 1. The monoisotopic (exact) mass is 452 g/mol. The van der Waals surface area contributed by atoms with E-state index in [0.717, 1.165) is 18.9 Å². The number of aromatic nitrogens is 3. The molecule has 0 spiro atoms. The minimum Gasteiger partial charge on any atom is -0.434 e. The Kier molecular flexibility index (Phi) is 4.95. The maximum Gasteiger partial charge on any atom is 0.240 e. The molecule has 2 aliphatic rings. The summed E-state index contributed by atoms with van der Waals surface area (Å²) in [5.41, 5.74) is -0.368. The molecule has 0 bridgehead atoms. The summed E-state index contributed by atoms with van der Waals surface area (Å²) in [6.07, 6.45) is 4.24. The van der Waals surface area contributed by atoms with Crippen LogP contribution in [0.2, 0.25) is 0 Å². The van der Waals surface area contributed by atoms with Gasteiger partial charge in [0.1, 0.15) is 5.41 Å². The third-order valence-corrected chi connectivity index (χ3v) is 5.75. The van der Waals surface area contributed by atoms with E-state index in [9.17, 15) is 18.8 Å². The van der Waals surface area contributed by atoms with Crippen LogP contribution in [0, 0.1) is 17.2 Å². The van der Waals surface area contributed by atoms with Crippen LogP contribution >= 0.6 is 0 Å². The van der Waals surface area contributed by atoms with E-state index < -0.39 is 17.1 Å². The minimum absolute atomic E-state index is 0.0519. The van der Waals surface area contributed by atoms with Crippen LogP contribution in [0.3, 0.4) is 0 Å². The van der Waals surface area contributed by atoms with Gasteiger partial charge in [-0.2, -0.15) is 0 Å². The molecule has 10 nitrogen and oxygen atoms in total. The SMILES string of the molecule is CNC(=O)C1(C(=O)Nc2ccc(Oc3ccc4nc(NC(=O)C5CC5)cn4n3)c(F)c2)CC1. The van der Waals surface area contributed by atoms with Gasteiger partial charge >= 0.3 is 0 Å². The predicted molar refractivity (Wildman–Crippen MR) is 115 cm³/mol. The highest BCUT2D eigenvalue weighted by Crippen LogP contribution is 2.46. The largest absolute Gasteiger partial charge is 0.434 e. The summed E-state index contributed by atoms with van der Waals surface area (Å²) < 4.78 is 21.6. The lowest BCUT2D eigenvalue weighted by molar-refractivity contribution is -0.134. The molecule has 170 valence electrons. The lowest BCUT2D eigenvalue weighted by atomic mass is 10.1. The smallest absolute Gasteiger partial charge is 0.240 e. The molecule has 5 rings (SSSR count). The fraction of sp³-hybridized carbons (Fsp3) is 0.318. The zero-order chi connectivity index (χ0) is 23.2. The van der Waals surface area contributed by atoms with E-state index in [-0.39, 0.29) is 35.0 Å². The highest BCUT2D eigenvalue weighted by Gasteiger charge is 2.56. The highest BCUT2D eigenvalue weighted by atomic mass is 19.1. The number of amides is 3. The first kappa shape index (κ1) is 20.9. The average Bonchev–Trinajstić information content (AvgIpc) is 3.71. The van der Waals surface area contributed by atoms with Crippen molar-refractivity contribution in [1.82, 2.24) is 19.9 Å². The molecular weight excluding hydrogens is 431 g/mol. The Bertz CT molecular complexity index is 1280. The molecule has 2 aromatic heterocycles. The molecular formula is C22H21FN6O4. The molecule has 0 saturated heterocycles. The molecule has 11 heteroatoms. The van der Waals surface area contributed by atoms with Crippen LogP contribution in [0.4, 0.5) is 15.9 Å². The number of imidazole rings is 1. The maximum absolute atomic E-state index is 14.6. The van der Waals surface area contributed by atoms with E-state index in [1.807, 2.05) is 0 Å². The first-order valence-electron chi connectivity index (χ1n) is 10.6. The number of nitrogens with zero attached hydrogens (tertiary/aromatic N) is 3. The number of hydrogen-bond acceptors (Lipinski definition) is 6. The Morgan fingerprint density at radius 2 is 1.91 bits per heavy atom. The van der Waals surface area contributed by atoms with Crippen LogP contribution in [-0.2, 0) is 14.4 Å². The average molecular weight is 452 g/mol. The van der Waals surface area contributed by atoms with Crippen molar-refractivity contribution in [3.8, 4) is 11.6 Å². The van der Waals surface area contributed by atoms with Crippen molar-refractivity contribution in [2.24, 2.45) is 11.3 Å². The third kappa shape index (κ3) is 4.09. The van der Waals surface area contributed by atoms with Crippen molar-refractivity contribution in [3.63, 3.8) is 0 Å². The van der Waals surface area contributed by atoms with Crippen LogP contribution in [0.15, 0.2) is 36.5 Å². The number of anilines is 2. The second kappa shape index (κ2) is 7.84. The molecule has 0 unspecified atom stereocenters. The molecule has 0 atom stereocenters. The molecule has 33 heavy (non-hydrogen) atoms. The Balaban J connectivity index is 1.27. The van der Waals surface area contributed by atoms with Gasteiger partial charge in [0.15, 0.2) is 23.0 Å². The van der Waals surface area contributed by atoms with Gasteiger partial charge in [0.25, 0.3) is 0 Å². The van der Waals surface area contributed by atoms with Gasteiger partial charge in [-0.15, -0.1) is 5.10 Å². The minimum atomic E-state index is -1.08. The fourth-order valence-corrected chi connectivity index (χ4v) is 3.50. The standard InChI is InChI=1S/C22H21FN6O4/c1-24-20(31)22(8-9-22)21(32)25-13-4-5-15(14(23)10-13)33-18-7-6-17-26-16(11-29(17)28-18)27-19(30)12-2-3-12/h4-7,10-12H,2-3,8-9H2,1H3,(H,24,31)(H,25,32)(H,27,30). The van der Waals surface area contributed by atoms with Crippen molar-refractivity contribution >= 4 is 34.9 Å². The third-order valence-electron chi connectivity index (χ3n) is 5.75. The number of rotatable bonds is 7. The molecule has 3 aromatic rings. The molecule has 1 aromatic carbocycles. The first-order valence-corrected chi connectivity index (χ1v) is 10.6. The fourth-order valence-electron chi connectivity index (χ4n) is 3.50. The summed E-state index contributed by atoms with van der Waals surface area (Å²) in [6, 6.07) is 7.14. The number of carbonyl (C=O) groups excluding carboxylic acids is 3. The molecule has 3 N–H and O–H groups in total. The van der Waals surface area contributed by atoms with Gasteiger partial charge in [-0.3, -0.25) is 14.4 Å². The number of fused-ring (bicyclic) bond motifs is 1. The van der Waals surface area contributed by atoms with Gasteiger partial charge in [-0.1, -0.05) is 0 Å². The summed E-state index contributed by atoms with van der Waals surface area (Å²) in [5, 5.41) is 12.1. The van der Waals surface area contributed by atoms with Gasteiger partial charge < -0.3 is 20.7 Å². The van der Waals surface area contributed by atoms with Crippen LogP contribution in [0.1, 0.15) is 25.7 Å². The number of carbonyl (C=O) groups is 3. The summed E-state index contributed by atoms with van der Waals surface area (Å²) in [7, 11) is 1.47. The Labute approximate surface area is 187 Å². The van der Waals surface area contributed by atoms with Gasteiger partial charge in [-0.25, -0.2) is 13.9 Å². The Morgan fingerprint density at radius 3 is 2.58 bits per heavy atom. The summed E-state index contributed by atoms with van der Waals surface area (Å²) in [5.74, 6) is -1.12. The molecule has 0 aliphatic heterocycles. The summed E-state index contributed by atoms with van der Waals surface area (Å²) >= 11 is 0. The highest BCUT2D eigenvalue weighted by molar-refractivity contribution is 6.13. The van der Waals surface area contributed by atoms with Crippen LogP contribution in [-0.4, -0.2) is 39.4 Å². The van der Waals surface area contributed by atoms with Crippen molar-refractivity contribution in [1.29, 1.82) is 0 Å². The van der Waals surface area contributed by atoms with Crippen molar-refractivity contribution in [2.75, 3.05) is 17.7 Å². The van der Waals surface area contributed by atoms with Crippen molar-refractivity contribution in [3.05, 3.63) is 42.3 Å². The normalized spacial score (nSPS) is 16.2. The first-order chi connectivity index (χ1) is 15.9. The van der Waals surface area contributed by atoms with Crippen LogP contribution < -0.4 is 20.7 Å². The van der Waals surface area contributed by atoms with Gasteiger partial charge in [-0.05, 0) is 43.9 Å². The van der Waals surface area contributed by atoms with Crippen LogP contribution in [0.25, 0.3) is 5.65 Å². The van der Waals surface area contributed by atoms with Crippen molar-refractivity contribution < 1.29 is 23.5 Å². The van der Waals surface area contributed by atoms with Gasteiger partial charge in [0.05, 0.1) is 6.20 Å². The van der Waals surface area contributed by atoms with Gasteiger partial charge in [0.2, 0.25) is 23.6 Å². The number of halogens is 1. The summed E-state index contributed by atoms with van der Waals surface area (Å²) in [4.78, 5) is 40.6. The van der Waals surface area contributed by atoms with E-state index in [1.165, 1.54) is 29.8 Å². The number of benzene rings is 1. The number of nitrogens with one attached hydrogen (secondary N) is 3. The Hall–Kier alpha value is -4.02. The number of hydrogen-bond donors (Lipinski definition) is 3. The lowest BCUT2D eigenvalue weighted by Crippen LogP contribution is -2.38. The Morgan fingerprint density at radius 1 is 1.12 bits per heavy atom. The zero-order valence-corrected chi connectivity index (χ0v) is 17.7. The maximum atomic E-state index is 14.6. The predicted octanol–water partition coefficient (Wildman–Crippen LogP) is 2.47. The van der Waals surface area contributed by atoms with E-state index in [4.69, 9.17) is 4.74 Å². The second-order valence-electron chi connectivity index (χ2n) is 8.23. The quantitative estimate of drug-likeness (QED) is 0.473. The molecule has 0 radical (unpaired) electrons. The van der Waals surface area contributed by atoms with Crippen molar-refractivity contribution in [2.45, 2.75) is 25.7 Å². The van der Waals surface area contributed by atoms with Crippen LogP contribution in [0.5, 0.6) is 11.6 Å². The molecule has 2 aliphatic carbocycles. The summed E-state index contributed by atoms with van der Waals surface area (Å²) in [6.45, 7) is 0. The molecule has 2 saturated carbocycles. The van der Waals surface area contributed by atoms with Gasteiger partial charge in [0, 0.05) is 30.8 Å². The van der Waals surface area contributed by atoms with E-state index in [2.05, 4.69) is 26.0 Å². The lowest BCUT2D eigenvalue weighted by Gasteiger charge is -2.14. The zero-order valence-electron chi connectivity index (χ0n) is 17.7. The molecule has 2 fully saturated rings. The molecule has 2 heterocycles. The van der Waals surface area contributed by atoms with E-state index in [0.29, 0.717) is 24.3 Å². The topological polar surface area (TPSA) is 127 Å². The van der Waals surface area contributed by atoms with E-state index in [1.54, 1.807) is 12.3 Å². The van der Waals surface area contributed by atoms with E-state index >= 15 is 0 Å².